The first-order chi connectivity index (χ1) is 30.4. The van der Waals surface area contributed by atoms with Crippen molar-refractivity contribution in [1.29, 1.82) is 0 Å². The first-order valence-corrected chi connectivity index (χ1v) is 22.2. The number of aromatic nitrogens is 2. The lowest BCUT2D eigenvalue weighted by Gasteiger charge is -2.31. The van der Waals surface area contributed by atoms with E-state index in [2.05, 4.69) is 61.3 Å². The molecule has 5 rings (SSSR count). The topological polar surface area (TPSA) is 154 Å². The summed E-state index contributed by atoms with van der Waals surface area (Å²) in [5.74, 6) is -1.71. The summed E-state index contributed by atoms with van der Waals surface area (Å²) in [6.07, 6.45) is 7.92. The number of carbonyl (C=O) groups excluding carboxylic acids is 1. The van der Waals surface area contributed by atoms with Gasteiger partial charge in [-0.25, -0.2) is 8.78 Å². The Bertz CT molecular complexity index is 2040. The smallest absolute Gasteiger partial charge is 0.251 e. The number of amides is 1. The van der Waals surface area contributed by atoms with Crippen LogP contribution in [0.3, 0.4) is 0 Å². The fourth-order valence-electron chi connectivity index (χ4n) is 7.37. The summed E-state index contributed by atoms with van der Waals surface area (Å²) in [5, 5.41) is 15.5. The van der Waals surface area contributed by atoms with Crippen molar-refractivity contribution in [2.24, 2.45) is 15.1 Å². The van der Waals surface area contributed by atoms with Crippen LogP contribution in [0.1, 0.15) is 99.6 Å². The molecule has 0 radical (unpaired) electrons. The minimum absolute atomic E-state index is 0.130. The van der Waals surface area contributed by atoms with Crippen molar-refractivity contribution in [1.82, 2.24) is 30.9 Å². The highest BCUT2D eigenvalue weighted by Gasteiger charge is 2.33. The Balaban J connectivity index is 1.36. The molecule has 2 aliphatic rings. The van der Waals surface area contributed by atoms with Gasteiger partial charge in [0.25, 0.3) is 11.8 Å². The van der Waals surface area contributed by atoms with E-state index >= 15 is 0 Å². The molecule has 0 spiro atoms. The number of aliphatic imine (C=N–C) groups is 2. The molecule has 1 unspecified atom stereocenters. The van der Waals surface area contributed by atoms with Gasteiger partial charge >= 0.3 is 0 Å². The van der Waals surface area contributed by atoms with Crippen LogP contribution in [0.2, 0.25) is 0 Å². The SMILES string of the molecule is C=Nc1cc(C)cc2c1N(CNOC(C)c1cc(C)nn1CC)C/C=C/CNc1c(/N=C/CC/C(C)=N\NCC)cc(C(=O)NCCCN3CCC(F)(F)CC3)cc1OCCCO2. The van der Waals surface area contributed by atoms with Crippen LogP contribution >= 0.6 is 0 Å². The number of alkyl halides is 2. The number of carbonyl (C=O) groups is 1. The van der Waals surface area contributed by atoms with Gasteiger partial charge in [0, 0.05) is 82.6 Å². The predicted octanol–water partition coefficient (Wildman–Crippen LogP) is 8.05. The maximum atomic E-state index is 13.7. The van der Waals surface area contributed by atoms with Gasteiger partial charge in [-0.05, 0) is 110 Å². The third-order valence-electron chi connectivity index (χ3n) is 10.7. The Morgan fingerprint density at radius 3 is 2.60 bits per heavy atom. The molecule has 1 amide bonds. The molecule has 0 aliphatic carbocycles. The Labute approximate surface area is 371 Å². The number of hydroxylamine groups is 1. The lowest BCUT2D eigenvalue weighted by Crippen LogP contribution is -2.40. The van der Waals surface area contributed by atoms with E-state index in [0.717, 1.165) is 41.4 Å². The second kappa shape index (κ2) is 24.5. The lowest BCUT2D eigenvalue weighted by atomic mass is 10.1. The maximum absolute atomic E-state index is 13.7. The van der Waals surface area contributed by atoms with E-state index in [1.807, 2.05) is 74.7 Å². The highest BCUT2D eigenvalue weighted by atomic mass is 19.3. The van der Waals surface area contributed by atoms with Crippen LogP contribution in [0, 0.1) is 13.8 Å². The lowest BCUT2D eigenvalue weighted by molar-refractivity contribution is -0.0550. The van der Waals surface area contributed by atoms with Gasteiger partial charge < -0.3 is 35.3 Å². The quantitative estimate of drug-likeness (QED) is 0.0428. The third-order valence-corrected chi connectivity index (χ3v) is 10.7. The monoisotopic (exact) mass is 876 g/mol. The van der Waals surface area contributed by atoms with Crippen LogP contribution in [0.5, 0.6) is 11.5 Å². The molecule has 4 N–H and O–H groups in total. The first kappa shape index (κ1) is 48.6. The van der Waals surface area contributed by atoms with E-state index in [-0.39, 0.29) is 24.9 Å². The molecule has 1 aromatic heterocycles. The average molecular weight is 876 g/mol. The average Bonchev–Trinajstić information content (AvgIpc) is 3.65. The summed E-state index contributed by atoms with van der Waals surface area (Å²) in [6, 6.07) is 9.52. The Hall–Kier alpha value is -5.39. The number of piperidine rings is 1. The molecule has 0 saturated carbocycles. The van der Waals surface area contributed by atoms with Gasteiger partial charge in [-0.1, -0.05) is 12.2 Å². The molecule has 2 aliphatic heterocycles. The Morgan fingerprint density at radius 1 is 1.08 bits per heavy atom. The molecule has 3 aromatic rings. The number of halogens is 2. The largest absolute Gasteiger partial charge is 0.491 e. The second-order valence-corrected chi connectivity index (χ2v) is 15.9. The zero-order chi connectivity index (χ0) is 45.2. The minimum Gasteiger partial charge on any atom is -0.491 e. The molecular weight excluding hydrogens is 809 g/mol. The predicted molar refractivity (Wildman–Crippen MR) is 249 cm³/mol. The number of benzene rings is 2. The van der Waals surface area contributed by atoms with Gasteiger partial charge in [0.1, 0.15) is 29.0 Å². The second-order valence-electron chi connectivity index (χ2n) is 15.9. The Morgan fingerprint density at radius 2 is 1.86 bits per heavy atom. The van der Waals surface area contributed by atoms with E-state index in [1.54, 1.807) is 12.1 Å². The van der Waals surface area contributed by atoms with Crippen LogP contribution in [0.4, 0.5) is 31.5 Å². The van der Waals surface area contributed by atoms with Gasteiger partial charge in [0.15, 0.2) is 0 Å². The number of hydrazone groups is 1. The molecule has 0 bridgehead atoms. The molecule has 63 heavy (non-hydrogen) atoms. The molecular formula is C46H67F2N11O4. The normalized spacial score (nSPS) is 17.3. The van der Waals surface area contributed by atoms with Crippen molar-refractivity contribution in [3.63, 3.8) is 0 Å². The van der Waals surface area contributed by atoms with Gasteiger partial charge in [-0.2, -0.15) is 15.7 Å². The van der Waals surface area contributed by atoms with Crippen molar-refractivity contribution >= 4 is 47.3 Å². The molecule has 2 aromatic carbocycles. The van der Waals surface area contributed by atoms with Crippen molar-refractivity contribution < 1.29 is 27.9 Å². The van der Waals surface area contributed by atoms with Gasteiger partial charge in [-0.3, -0.25) is 24.3 Å². The number of hydrogen-bond acceptors (Lipinski definition) is 13. The summed E-state index contributed by atoms with van der Waals surface area (Å²) in [7, 11) is 0. The fourth-order valence-corrected chi connectivity index (χ4v) is 7.37. The number of likely N-dealkylation sites (tertiary alicyclic amines) is 1. The number of nitrogens with one attached hydrogen (secondary N) is 4. The van der Waals surface area contributed by atoms with Crippen molar-refractivity contribution in [3.05, 3.63) is 65.0 Å². The van der Waals surface area contributed by atoms with Crippen LogP contribution < -0.4 is 35.9 Å². The van der Waals surface area contributed by atoms with E-state index < -0.39 is 5.92 Å². The van der Waals surface area contributed by atoms with Crippen LogP contribution in [-0.2, 0) is 11.4 Å². The van der Waals surface area contributed by atoms with Gasteiger partial charge in [0.2, 0.25) is 0 Å². The molecule has 3 heterocycles. The minimum atomic E-state index is -2.59. The fraction of sp³-hybridized carbons (Fsp3) is 0.543. The number of ether oxygens (including phenoxy) is 2. The first-order valence-electron chi connectivity index (χ1n) is 22.2. The zero-order valence-electron chi connectivity index (χ0n) is 37.9. The van der Waals surface area contributed by atoms with Crippen LogP contribution in [0.25, 0.3) is 0 Å². The molecule has 1 atom stereocenters. The summed E-state index contributed by atoms with van der Waals surface area (Å²) >= 11 is 0. The van der Waals surface area contributed by atoms with E-state index in [9.17, 15) is 13.6 Å². The molecule has 1 saturated heterocycles. The van der Waals surface area contributed by atoms with Crippen LogP contribution in [-0.4, -0.2) is 111 Å². The number of rotatable bonds is 18. The highest BCUT2D eigenvalue weighted by Crippen LogP contribution is 2.40. The number of anilines is 2. The van der Waals surface area contributed by atoms with Crippen LogP contribution in [0.15, 0.2) is 57.6 Å². The van der Waals surface area contributed by atoms with E-state index in [4.69, 9.17) is 19.3 Å². The third kappa shape index (κ3) is 14.9. The number of nitrogens with zero attached hydrogens (tertiary/aromatic N) is 7. The summed E-state index contributed by atoms with van der Waals surface area (Å²) in [6.45, 7) is 21.0. The molecule has 1 fully saturated rings. The highest BCUT2D eigenvalue weighted by molar-refractivity contribution is 5.97. The number of hydrogen-bond donors (Lipinski definition) is 4. The van der Waals surface area contributed by atoms with Gasteiger partial charge in [0.05, 0.1) is 42.6 Å². The standard InChI is InChI=1S/C46H67F2N11O4/c1-8-53-55-34(4)15-12-19-50-38-30-37(45(60)52-20-13-21-57-23-16-46(47,48)17-24-57)31-41-43(38)51-18-10-11-22-58(32-54-63-36(6)40-29-35(5)56-59(40)9-2)44-39(49-7)27-33(3)28-42(44)62-26-14-25-61-41/h10-11,19,27-31,36,51,53-54H,7-9,12-18,20-26,32H2,1-6H3,(H,52,60)/b11-10+,50-19+,55-34-. The molecule has 15 nitrogen and oxygen atoms in total. The summed E-state index contributed by atoms with van der Waals surface area (Å²) < 4.78 is 42.1. The Kier molecular flexibility index (Phi) is 18.9. The maximum Gasteiger partial charge on any atom is 0.251 e. The van der Waals surface area contributed by atoms with Crippen molar-refractivity contribution in [3.8, 4) is 11.5 Å². The molecule has 17 heteroatoms. The number of aryl methyl sites for hydroxylation is 3. The molecule has 344 valence electrons. The van der Waals surface area contributed by atoms with E-state index in [1.165, 1.54) is 0 Å². The summed E-state index contributed by atoms with van der Waals surface area (Å²) in [5.41, 5.74) is 13.1. The van der Waals surface area contributed by atoms with Crippen molar-refractivity contribution in [2.75, 3.05) is 75.9 Å². The number of fused-ring (bicyclic) bond motifs is 2. The summed E-state index contributed by atoms with van der Waals surface area (Å²) in [4.78, 5) is 33.2. The van der Waals surface area contributed by atoms with Crippen molar-refractivity contribution in [2.45, 2.75) is 98.6 Å². The zero-order valence-corrected chi connectivity index (χ0v) is 37.9. The van der Waals surface area contributed by atoms with Gasteiger partial charge in [-0.15, -0.1) is 0 Å². The van der Waals surface area contributed by atoms with E-state index in [0.29, 0.717) is 119 Å².